The second-order valence-electron chi connectivity index (χ2n) is 4.34. The van der Waals surface area contributed by atoms with Gasteiger partial charge in [-0.25, -0.2) is 0 Å². The van der Waals surface area contributed by atoms with Crippen molar-refractivity contribution in [1.29, 1.82) is 0 Å². The summed E-state index contributed by atoms with van der Waals surface area (Å²) >= 11 is 0. The van der Waals surface area contributed by atoms with E-state index in [1.54, 1.807) is 6.92 Å². The van der Waals surface area contributed by atoms with Crippen molar-refractivity contribution in [2.24, 2.45) is 0 Å². The number of aliphatic hydroxyl groups is 1. The number of hydrogen-bond acceptors (Lipinski definition) is 3. The van der Waals surface area contributed by atoms with Crippen molar-refractivity contribution in [1.82, 2.24) is 9.80 Å². The minimum atomic E-state index is -0.102. The van der Waals surface area contributed by atoms with Gasteiger partial charge in [-0.1, -0.05) is 0 Å². The Bertz CT molecular complexity index is 218. The zero-order chi connectivity index (χ0) is 10.1. The molecule has 2 saturated heterocycles. The second-order valence-corrected chi connectivity index (χ2v) is 4.34. The van der Waals surface area contributed by atoms with E-state index in [0.717, 1.165) is 39.0 Å². The highest BCUT2D eigenvalue weighted by molar-refractivity contribution is 5.74. The molecular weight excluding hydrogens is 180 g/mol. The lowest BCUT2D eigenvalue weighted by Crippen LogP contribution is -2.62. The van der Waals surface area contributed by atoms with Crippen molar-refractivity contribution in [2.45, 2.75) is 31.9 Å². The summed E-state index contributed by atoms with van der Waals surface area (Å²) in [6.07, 6.45) is 1.67. The summed E-state index contributed by atoms with van der Waals surface area (Å²) in [6.45, 7) is 5.35. The molecule has 4 heteroatoms. The summed E-state index contributed by atoms with van der Waals surface area (Å²) < 4.78 is 0. The summed E-state index contributed by atoms with van der Waals surface area (Å²) in [7, 11) is 0. The van der Waals surface area contributed by atoms with Crippen LogP contribution in [0.4, 0.5) is 0 Å². The molecule has 2 aliphatic heterocycles. The molecule has 0 aromatic heterocycles. The number of aliphatic hydroxyl groups excluding tert-OH is 1. The van der Waals surface area contributed by atoms with E-state index in [0.29, 0.717) is 6.04 Å². The van der Waals surface area contributed by atoms with E-state index < -0.39 is 0 Å². The topological polar surface area (TPSA) is 43.8 Å². The van der Waals surface area contributed by atoms with Crippen LogP contribution in [-0.4, -0.2) is 59.1 Å². The predicted octanol–water partition coefficient (Wildman–Crippen LogP) is -0.326. The number of rotatable bonds is 1. The maximum atomic E-state index is 11.0. The average Bonchev–Trinajstić information content (AvgIpc) is 2.05. The van der Waals surface area contributed by atoms with Crippen molar-refractivity contribution in [3.8, 4) is 0 Å². The standard InChI is InChI=1S/C10H18N2O2/c1-8(13)12-6-9(7-12)11-4-2-10(14)3-5-11/h9-10,14H,2-7H2,1H3. The van der Waals surface area contributed by atoms with Crippen LogP contribution in [0.5, 0.6) is 0 Å². The average molecular weight is 198 g/mol. The fourth-order valence-electron chi connectivity index (χ4n) is 2.19. The third-order valence-corrected chi connectivity index (χ3v) is 3.32. The Labute approximate surface area is 84.5 Å². The first-order valence-corrected chi connectivity index (χ1v) is 5.34. The van der Waals surface area contributed by atoms with E-state index in [9.17, 15) is 9.90 Å². The normalized spacial score (nSPS) is 26.3. The van der Waals surface area contributed by atoms with Crippen LogP contribution in [-0.2, 0) is 4.79 Å². The monoisotopic (exact) mass is 198 g/mol. The van der Waals surface area contributed by atoms with Crippen LogP contribution in [0.1, 0.15) is 19.8 Å². The van der Waals surface area contributed by atoms with E-state index in [2.05, 4.69) is 4.90 Å². The molecule has 4 nitrogen and oxygen atoms in total. The van der Waals surface area contributed by atoms with Gasteiger partial charge in [0.05, 0.1) is 6.10 Å². The van der Waals surface area contributed by atoms with Crippen molar-refractivity contribution in [3.05, 3.63) is 0 Å². The predicted molar refractivity (Wildman–Crippen MR) is 52.9 cm³/mol. The first-order valence-electron chi connectivity index (χ1n) is 5.34. The molecule has 0 saturated carbocycles. The lowest BCUT2D eigenvalue weighted by atomic mass is 10.0. The SMILES string of the molecule is CC(=O)N1CC(N2CCC(O)CC2)C1. The number of nitrogens with zero attached hydrogens (tertiary/aromatic N) is 2. The van der Waals surface area contributed by atoms with Crippen molar-refractivity contribution in [3.63, 3.8) is 0 Å². The molecule has 14 heavy (non-hydrogen) atoms. The fraction of sp³-hybridized carbons (Fsp3) is 0.900. The quantitative estimate of drug-likeness (QED) is 0.627. The van der Waals surface area contributed by atoms with E-state index in [-0.39, 0.29) is 12.0 Å². The van der Waals surface area contributed by atoms with Crippen molar-refractivity contribution in [2.75, 3.05) is 26.2 Å². The highest BCUT2D eigenvalue weighted by Crippen LogP contribution is 2.19. The Morgan fingerprint density at radius 1 is 1.29 bits per heavy atom. The van der Waals surface area contributed by atoms with Crippen LogP contribution in [0.15, 0.2) is 0 Å². The highest BCUT2D eigenvalue weighted by Gasteiger charge is 2.34. The van der Waals surface area contributed by atoms with Gasteiger partial charge in [0.2, 0.25) is 5.91 Å². The van der Waals surface area contributed by atoms with Gasteiger partial charge >= 0.3 is 0 Å². The van der Waals surface area contributed by atoms with Gasteiger partial charge in [-0.15, -0.1) is 0 Å². The third-order valence-electron chi connectivity index (χ3n) is 3.32. The Kier molecular flexibility index (Phi) is 2.74. The van der Waals surface area contributed by atoms with Crippen LogP contribution in [0, 0.1) is 0 Å². The molecule has 0 unspecified atom stereocenters. The lowest BCUT2D eigenvalue weighted by Gasteiger charge is -2.46. The molecule has 2 aliphatic rings. The zero-order valence-corrected chi connectivity index (χ0v) is 8.65. The third kappa shape index (κ3) is 1.91. The summed E-state index contributed by atoms with van der Waals surface area (Å²) in [5, 5.41) is 9.35. The minimum Gasteiger partial charge on any atom is -0.393 e. The molecule has 0 radical (unpaired) electrons. The molecule has 80 valence electrons. The van der Waals surface area contributed by atoms with Gasteiger partial charge in [0.15, 0.2) is 0 Å². The first-order chi connectivity index (χ1) is 6.66. The fourth-order valence-corrected chi connectivity index (χ4v) is 2.19. The van der Waals surface area contributed by atoms with E-state index in [1.165, 1.54) is 0 Å². The molecule has 1 amide bonds. The number of likely N-dealkylation sites (tertiary alicyclic amines) is 2. The molecule has 0 aromatic carbocycles. The number of hydrogen-bond donors (Lipinski definition) is 1. The largest absolute Gasteiger partial charge is 0.393 e. The van der Waals surface area contributed by atoms with Gasteiger partial charge in [-0.2, -0.15) is 0 Å². The highest BCUT2D eigenvalue weighted by atomic mass is 16.3. The molecule has 0 aromatic rings. The zero-order valence-electron chi connectivity index (χ0n) is 8.65. The van der Waals surface area contributed by atoms with Gasteiger partial charge in [0.25, 0.3) is 0 Å². The van der Waals surface area contributed by atoms with E-state index in [1.807, 2.05) is 4.90 Å². The van der Waals surface area contributed by atoms with Gasteiger partial charge < -0.3 is 10.0 Å². The Morgan fingerprint density at radius 2 is 1.86 bits per heavy atom. The molecule has 0 aliphatic carbocycles. The number of carbonyl (C=O) groups excluding carboxylic acids is 1. The minimum absolute atomic E-state index is 0.102. The maximum Gasteiger partial charge on any atom is 0.219 e. The molecule has 0 bridgehead atoms. The van der Waals surface area contributed by atoms with Crippen LogP contribution >= 0.6 is 0 Å². The molecule has 0 atom stereocenters. The Hall–Kier alpha value is -0.610. The van der Waals surface area contributed by atoms with Crippen molar-refractivity contribution >= 4 is 5.91 Å². The summed E-state index contributed by atoms with van der Waals surface area (Å²) in [6, 6.07) is 0.548. The number of amides is 1. The molecule has 1 N–H and O–H groups in total. The number of carbonyl (C=O) groups is 1. The van der Waals surface area contributed by atoms with Crippen LogP contribution in [0.3, 0.4) is 0 Å². The van der Waals surface area contributed by atoms with Crippen LogP contribution in [0.25, 0.3) is 0 Å². The van der Waals surface area contributed by atoms with Gasteiger partial charge in [0, 0.05) is 39.1 Å². The molecule has 0 spiro atoms. The lowest BCUT2D eigenvalue weighted by molar-refractivity contribution is -0.136. The van der Waals surface area contributed by atoms with Crippen LogP contribution < -0.4 is 0 Å². The van der Waals surface area contributed by atoms with E-state index in [4.69, 9.17) is 0 Å². The van der Waals surface area contributed by atoms with Gasteiger partial charge in [-0.3, -0.25) is 9.69 Å². The smallest absolute Gasteiger partial charge is 0.219 e. The second kappa shape index (κ2) is 3.87. The summed E-state index contributed by atoms with van der Waals surface area (Å²) in [5.74, 6) is 0.179. The summed E-state index contributed by atoms with van der Waals surface area (Å²) in [4.78, 5) is 15.2. The summed E-state index contributed by atoms with van der Waals surface area (Å²) in [5.41, 5.74) is 0. The molecule has 2 rings (SSSR count). The van der Waals surface area contributed by atoms with Crippen molar-refractivity contribution < 1.29 is 9.90 Å². The van der Waals surface area contributed by atoms with Gasteiger partial charge in [0.1, 0.15) is 0 Å². The van der Waals surface area contributed by atoms with Crippen LogP contribution in [0.2, 0.25) is 0 Å². The molecule has 2 fully saturated rings. The molecular formula is C10H18N2O2. The first kappa shape index (κ1) is 9.93. The Morgan fingerprint density at radius 3 is 2.36 bits per heavy atom. The van der Waals surface area contributed by atoms with E-state index >= 15 is 0 Å². The maximum absolute atomic E-state index is 11.0. The molecule has 2 heterocycles. The Balaban J connectivity index is 1.74. The number of piperidine rings is 1. The van der Waals surface area contributed by atoms with Gasteiger partial charge in [-0.05, 0) is 12.8 Å².